The average molecular weight is 538 g/mol. The molecule has 0 unspecified atom stereocenters. The van der Waals surface area contributed by atoms with E-state index in [4.69, 9.17) is 18.6 Å². The first-order valence-electron chi connectivity index (χ1n) is 12.0. The van der Waals surface area contributed by atoms with E-state index in [-0.39, 0.29) is 17.7 Å². The van der Waals surface area contributed by atoms with Crippen LogP contribution in [-0.4, -0.2) is 66.3 Å². The summed E-state index contributed by atoms with van der Waals surface area (Å²) in [4.78, 5) is 32.4. The number of amides is 2. The molecule has 2 N–H and O–H groups in total. The molecule has 1 aromatic carbocycles. The number of likely N-dealkylation sites (tertiary alicyclic amines) is 1. The van der Waals surface area contributed by atoms with Crippen LogP contribution in [0, 0.1) is 0 Å². The number of ether oxygens (including phenoxy) is 3. The van der Waals surface area contributed by atoms with Crippen LogP contribution >= 0.6 is 11.3 Å². The van der Waals surface area contributed by atoms with Gasteiger partial charge in [0.25, 0.3) is 11.8 Å². The normalized spacial score (nSPS) is 13.8. The molecule has 38 heavy (non-hydrogen) atoms. The van der Waals surface area contributed by atoms with Crippen molar-refractivity contribution >= 4 is 29.0 Å². The third-order valence-corrected chi connectivity index (χ3v) is 7.43. The number of rotatable bonds is 8. The summed E-state index contributed by atoms with van der Waals surface area (Å²) in [7, 11) is 4.54. The SMILES string of the molecule is COc1ccc(C(=O)N2CCC(c3nc(C(=O)Nc4cc(-c5ccco5)[nH]n4)cs3)CC2)c(OC)c1OC. The fourth-order valence-corrected chi connectivity index (χ4v) is 5.44. The highest BCUT2D eigenvalue weighted by molar-refractivity contribution is 7.10. The number of nitrogens with one attached hydrogen (secondary N) is 2. The molecule has 1 saturated heterocycles. The van der Waals surface area contributed by atoms with Crippen molar-refractivity contribution in [3.8, 4) is 28.7 Å². The van der Waals surface area contributed by atoms with Gasteiger partial charge in [0.05, 0.1) is 38.2 Å². The fourth-order valence-electron chi connectivity index (χ4n) is 4.47. The molecular weight excluding hydrogens is 510 g/mol. The monoisotopic (exact) mass is 537 g/mol. The van der Waals surface area contributed by atoms with Crippen LogP contribution in [0.1, 0.15) is 44.6 Å². The minimum atomic E-state index is -0.335. The minimum Gasteiger partial charge on any atom is -0.493 e. The number of H-pyrrole nitrogens is 1. The predicted molar refractivity (Wildman–Crippen MR) is 140 cm³/mol. The maximum Gasteiger partial charge on any atom is 0.276 e. The molecular formula is C26H27N5O6S. The lowest BCUT2D eigenvalue weighted by atomic mass is 9.97. The molecule has 0 spiro atoms. The highest BCUT2D eigenvalue weighted by Crippen LogP contribution is 2.41. The molecule has 2 amide bonds. The van der Waals surface area contributed by atoms with E-state index in [0.717, 1.165) is 17.8 Å². The zero-order valence-electron chi connectivity index (χ0n) is 21.1. The number of thiazole rings is 1. The number of aromatic nitrogens is 3. The van der Waals surface area contributed by atoms with Crippen molar-refractivity contribution in [3.05, 3.63) is 58.2 Å². The van der Waals surface area contributed by atoms with Crippen LogP contribution in [-0.2, 0) is 0 Å². The lowest BCUT2D eigenvalue weighted by Gasteiger charge is -2.31. The maximum absolute atomic E-state index is 13.3. The van der Waals surface area contributed by atoms with Crippen LogP contribution < -0.4 is 19.5 Å². The Kier molecular flexibility index (Phi) is 7.31. The van der Waals surface area contributed by atoms with Gasteiger partial charge in [-0.2, -0.15) is 5.10 Å². The van der Waals surface area contributed by atoms with E-state index in [1.807, 2.05) is 0 Å². The number of hydrogen-bond acceptors (Lipinski definition) is 9. The zero-order valence-corrected chi connectivity index (χ0v) is 22.0. The molecule has 0 aliphatic carbocycles. The van der Waals surface area contributed by atoms with Crippen LogP contribution in [0.3, 0.4) is 0 Å². The molecule has 1 aliphatic rings. The molecule has 0 saturated carbocycles. The van der Waals surface area contributed by atoms with E-state index >= 15 is 0 Å². The Balaban J connectivity index is 1.20. The second kappa shape index (κ2) is 11.0. The second-order valence-corrected chi connectivity index (χ2v) is 9.51. The molecule has 0 radical (unpaired) electrons. The first-order chi connectivity index (χ1) is 18.5. The summed E-state index contributed by atoms with van der Waals surface area (Å²) in [5.41, 5.74) is 1.42. The van der Waals surface area contributed by atoms with Crippen LogP contribution in [0.2, 0.25) is 0 Å². The van der Waals surface area contributed by atoms with E-state index in [9.17, 15) is 9.59 Å². The molecule has 1 fully saturated rings. The summed E-state index contributed by atoms with van der Waals surface area (Å²) in [6.45, 7) is 1.12. The fraction of sp³-hybridized carbons (Fsp3) is 0.308. The number of furan rings is 1. The summed E-state index contributed by atoms with van der Waals surface area (Å²) >= 11 is 1.45. The van der Waals surface area contributed by atoms with E-state index in [0.29, 0.717) is 58.9 Å². The minimum absolute atomic E-state index is 0.131. The van der Waals surface area contributed by atoms with Crippen molar-refractivity contribution in [1.82, 2.24) is 20.1 Å². The smallest absolute Gasteiger partial charge is 0.276 e. The van der Waals surface area contributed by atoms with Gasteiger partial charge >= 0.3 is 0 Å². The third-order valence-electron chi connectivity index (χ3n) is 6.43. The molecule has 1 aliphatic heterocycles. The number of carbonyl (C=O) groups excluding carboxylic acids is 2. The number of benzene rings is 1. The van der Waals surface area contributed by atoms with Crippen molar-refractivity contribution in [2.75, 3.05) is 39.7 Å². The Hall–Kier alpha value is -4.32. The summed E-state index contributed by atoms with van der Waals surface area (Å²) in [5.74, 6) is 1.93. The molecule has 5 rings (SSSR count). The van der Waals surface area contributed by atoms with Crippen molar-refractivity contribution in [1.29, 1.82) is 0 Å². The van der Waals surface area contributed by atoms with Crippen molar-refractivity contribution in [3.63, 3.8) is 0 Å². The third kappa shape index (κ3) is 4.94. The van der Waals surface area contributed by atoms with Crippen LogP contribution in [0.4, 0.5) is 5.82 Å². The van der Waals surface area contributed by atoms with Gasteiger partial charge in [0.1, 0.15) is 11.4 Å². The van der Waals surface area contributed by atoms with Gasteiger partial charge in [0.2, 0.25) is 5.75 Å². The van der Waals surface area contributed by atoms with Crippen molar-refractivity contribution in [2.45, 2.75) is 18.8 Å². The van der Waals surface area contributed by atoms with Gasteiger partial charge in [-0.25, -0.2) is 4.98 Å². The summed E-state index contributed by atoms with van der Waals surface area (Å²) in [5, 5.41) is 12.3. The number of aromatic amines is 1. The zero-order chi connectivity index (χ0) is 26.6. The van der Waals surface area contributed by atoms with Crippen molar-refractivity contribution < 1.29 is 28.2 Å². The Bertz CT molecular complexity index is 1420. The van der Waals surface area contributed by atoms with Crippen LogP contribution in [0.25, 0.3) is 11.5 Å². The summed E-state index contributed by atoms with van der Waals surface area (Å²) in [6.07, 6.45) is 3.04. The second-order valence-electron chi connectivity index (χ2n) is 8.62. The van der Waals surface area contributed by atoms with E-state index in [2.05, 4.69) is 20.5 Å². The van der Waals surface area contributed by atoms with Gasteiger partial charge in [0, 0.05) is 30.5 Å². The Morgan fingerprint density at radius 1 is 1.11 bits per heavy atom. The molecule has 198 valence electrons. The number of piperidine rings is 1. The average Bonchev–Trinajstić information content (AvgIpc) is 3.74. The number of nitrogens with zero attached hydrogens (tertiary/aromatic N) is 3. The van der Waals surface area contributed by atoms with E-state index in [1.165, 1.54) is 32.7 Å². The molecule has 12 heteroatoms. The molecule has 0 bridgehead atoms. The van der Waals surface area contributed by atoms with Gasteiger partial charge in [-0.05, 0) is 37.1 Å². The summed E-state index contributed by atoms with van der Waals surface area (Å²) in [6, 6.07) is 8.67. The van der Waals surface area contributed by atoms with Crippen LogP contribution in [0.5, 0.6) is 17.2 Å². The first kappa shape index (κ1) is 25.3. The summed E-state index contributed by atoms with van der Waals surface area (Å²) < 4.78 is 21.6. The standard InChI is InChI=1S/C26H27N5O6S/c1-34-20-7-6-16(22(35-2)23(20)36-3)26(33)31-10-8-15(9-11-31)25-27-18(14-38-25)24(32)28-21-13-17(29-30-21)19-5-4-12-37-19/h4-7,12-15H,8-11H2,1-3H3,(H2,28,29,30,32). The highest BCUT2D eigenvalue weighted by atomic mass is 32.1. The predicted octanol–water partition coefficient (Wildman–Crippen LogP) is 4.42. The van der Waals surface area contributed by atoms with Gasteiger partial charge < -0.3 is 28.8 Å². The maximum atomic E-state index is 13.3. The number of carbonyl (C=O) groups is 2. The highest BCUT2D eigenvalue weighted by Gasteiger charge is 2.30. The van der Waals surface area contributed by atoms with Gasteiger partial charge in [-0.1, -0.05) is 0 Å². The molecule has 4 aromatic rings. The largest absolute Gasteiger partial charge is 0.493 e. The van der Waals surface area contributed by atoms with Gasteiger partial charge in [0.15, 0.2) is 23.1 Å². The topological polar surface area (TPSA) is 132 Å². The Morgan fingerprint density at radius 3 is 2.58 bits per heavy atom. The lowest BCUT2D eigenvalue weighted by molar-refractivity contribution is 0.0708. The molecule has 11 nitrogen and oxygen atoms in total. The molecule has 3 aromatic heterocycles. The van der Waals surface area contributed by atoms with E-state index in [1.54, 1.807) is 46.9 Å². The first-order valence-corrected chi connectivity index (χ1v) is 12.8. The number of hydrogen-bond donors (Lipinski definition) is 2. The van der Waals surface area contributed by atoms with Gasteiger partial charge in [-0.15, -0.1) is 11.3 Å². The lowest BCUT2D eigenvalue weighted by Crippen LogP contribution is -2.38. The number of methoxy groups -OCH3 is 3. The van der Waals surface area contributed by atoms with Crippen LogP contribution in [0.15, 0.2) is 46.4 Å². The van der Waals surface area contributed by atoms with Gasteiger partial charge in [-0.3, -0.25) is 14.7 Å². The Labute approximate surface area is 222 Å². The quantitative estimate of drug-likeness (QED) is 0.338. The van der Waals surface area contributed by atoms with Crippen molar-refractivity contribution in [2.24, 2.45) is 0 Å². The van der Waals surface area contributed by atoms with E-state index < -0.39 is 0 Å². The number of anilines is 1. The molecule has 0 atom stereocenters. The molecule has 4 heterocycles. The Morgan fingerprint density at radius 2 is 1.89 bits per heavy atom.